The van der Waals surface area contributed by atoms with E-state index in [0.29, 0.717) is 5.69 Å². The molecule has 1 aromatic rings. The van der Waals surface area contributed by atoms with Gasteiger partial charge in [0.1, 0.15) is 0 Å². The van der Waals surface area contributed by atoms with Crippen LogP contribution in [0.3, 0.4) is 0 Å². The number of hydrogen-bond acceptors (Lipinski definition) is 3. The molecular weight excluding hydrogens is 295 g/mol. The van der Waals surface area contributed by atoms with Gasteiger partial charge in [-0.2, -0.15) is 13.2 Å². The highest BCUT2D eigenvalue weighted by Gasteiger charge is 2.31. The summed E-state index contributed by atoms with van der Waals surface area (Å²) in [7, 11) is 3.44. The third-order valence-electron chi connectivity index (χ3n) is 3.67. The van der Waals surface area contributed by atoms with Crippen LogP contribution in [0.1, 0.15) is 24.8 Å². The number of anilines is 2. The molecule has 0 spiro atoms. The van der Waals surface area contributed by atoms with E-state index in [9.17, 15) is 18.0 Å². The minimum atomic E-state index is -4.43. The molecule has 1 saturated heterocycles. The maximum atomic E-state index is 12.8. The molecule has 1 amide bonds. The van der Waals surface area contributed by atoms with Crippen molar-refractivity contribution in [2.45, 2.75) is 31.5 Å². The third kappa shape index (κ3) is 4.13. The summed E-state index contributed by atoms with van der Waals surface area (Å²) >= 11 is 0. The molecule has 0 aliphatic carbocycles. The smallest absolute Gasteiger partial charge is 0.376 e. The van der Waals surface area contributed by atoms with Crippen molar-refractivity contribution in [3.63, 3.8) is 0 Å². The lowest BCUT2D eigenvalue weighted by atomic mass is 10.1. The van der Waals surface area contributed by atoms with Crippen molar-refractivity contribution in [2.75, 3.05) is 30.9 Å². The first-order valence-corrected chi connectivity index (χ1v) is 7.19. The second kappa shape index (κ2) is 6.56. The molecule has 22 heavy (non-hydrogen) atoms. The Morgan fingerprint density at radius 3 is 2.68 bits per heavy atom. The molecule has 1 unspecified atom stereocenters. The number of nitrogens with zero attached hydrogens (tertiary/aromatic N) is 1. The van der Waals surface area contributed by atoms with Crippen LogP contribution in [-0.4, -0.2) is 32.6 Å². The van der Waals surface area contributed by atoms with Gasteiger partial charge < -0.3 is 15.5 Å². The van der Waals surface area contributed by atoms with Crippen molar-refractivity contribution in [3.05, 3.63) is 23.8 Å². The summed E-state index contributed by atoms with van der Waals surface area (Å²) in [5, 5.41) is 5.81. The van der Waals surface area contributed by atoms with Crippen LogP contribution in [-0.2, 0) is 11.0 Å². The first kappa shape index (κ1) is 16.6. The van der Waals surface area contributed by atoms with Crippen LogP contribution < -0.4 is 15.5 Å². The molecule has 1 heterocycles. The topological polar surface area (TPSA) is 44.4 Å². The van der Waals surface area contributed by atoms with E-state index in [2.05, 4.69) is 10.6 Å². The number of alkyl halides is 3. The molecule has 0 saturated carbocycles. The van der Waals surface area contributed by atoms with Crippen molar-refractivity contribution in [1.82, 2.24) is 5.32 Å². The highest BCUT2D eigenvalue weighted by molar-refractivity contribution is 5.94. The summed E-state index contributed by atoms with van der Waals surface area (Å²) in [4.78, 5) is 13.7. The highest BCUT2D eigenvalue weighted by Crippen LogP contribution is 2.35. The van der Waals surface area contributed by atoms with Crippen LogP contribution in [0.5, 0.6) is 0 Å². The summed E-state index contributed by atoms with van der Waals surface area (Å²) < 4.78 is 38.5. The Bertz CT molecular complexity index is 537. The standard InChI is InChI=1S/C15H20F3N3O/c1-21(2)13-6-5-10(15(16,17)18)8-12(13)20-14(22)9-11-4-3-7-19-11/h5-6,8,11,19H,3-4,7,9H2,1-2H3,(H,20,22). The van der Waals surface area contributed by atoms with E-state index in [1.165, 1.54) is 6.07 Å². The van der Waals surface area contributed by atoms with Gasteiger partial charge in [-0.1, -0.05) is 0 Å². The molecule has 1 fully saturated rings. The van der Waals surface area contributed by atoms with Crippen LogP contribution in [0.25, 0.3) is 0 Å². The molecule has 0 bridgehead atoms. The minimum Gasteiger partial charge on any atom is -0.376 e. The first-order valence-electron chi connectivity index (χ1n) is 7.19. The fourth-order valence-corrected chi connectivity index (χ4v) is 2.56. The van der Waals surface area contributed by atoms with Gasteiger partial charge in [0.05, 0.1) is 16.9 Å². The molecule has 1 aromatic carbocycles. The van der Waals surface area contributed by atoms with Crippen molar-refractivity contribution in [1.29, 1.82) is 0 Å². The summed E-state index contributed by atoms with van der Waals surface area (Å²) in [6, 6.07) is 3.47. The Hall–Kier alpha value is -1.76. The largest absolute Gasteiger partial charge is 0.416 e. The summed E-state index contributed by atoms with van der Waals surface area (Å²) in [6.07, 6.45) is -2.23. The van der Waals surface area contributed by atoms with Gasteiger partial charge >= 0.3 is 6.18 Å². The van der Waals surface area contributed by atoms with Crippen LogP contribution in [0.2, 0.25) is 0 Å². The zero-order valence-corrected chi connectivity index (χ0v) is 12.6. The van der Waals surface area contributed by atoms with Crippen LogP contribution in [0.4, 0.5) is 24.5 Å². The lowest BCUT2D eigenvalue weighted by molar-refractivity contribution is -0.137. The molecule has 2 rings (SSSR count). The summed E-state index contributed by atoms with van der Waals surface area (Å²) in [5.41, 5.74) is -0.0454. The quantitative estimate of drug-likeness (QED) is 0.898. The SMILES string of the molecule is CN(C)c1ccc(C(F)(F)F)cc1NC(=O)CC1CCCN1. The van der Waals surface area contributed by atoms with Gasteiger partial charge in [-0.05, 0) is 37.6 Å². The lowest BCUT2D eigenvalue weighted by Crippen LogP contribution is -2.28. The molecule has 0 aromatic heterocycles. The molecule has 4 nitrogen and oxygen atoms in total. The van der Waals surface area contributed by atoms with Crippen LogP contribution in [0.15, 0.2) is 18.2 Å². The van der Waals surface area contributed by atoms with E-state index in [1.54, 1.807) is 19.0 Å². The average molecular weight is 315 g/mol. The van der Waals surface area contributed by atoms with Gasteiger partial charge in [0, 0.05) is 26.6 Å². The molecule has 1 atom stereocenters. The van der Waals surface area contributed by atoms with E-state index in [-0.39, 0.29) is 24.1 Å². The zero-order chi connectivity index (χ0) is 16.3. The van der Waals surface area contributed by atoms with E-state index in [4.69, 9.17) is 0 Å². The number of amides is 1. The Morgan fingerprint density at radius 2 is 2.14 bits per heavy atom. The number of nitrogens with one attached hydrogen (secondary N) is 2. The highest BCUT2D eigenvalue weighted by atomic mass is 19.4. The fourth-order valence-electron chi connectivity index (χ4n) is 2.56. The number of hydrogen-bond donors (Lipinski definition) is 2. The normalized spacial score (nSPS) is 18.3. The monoisotopic (exact) mass is 315 g/mol. The van der Waals surface area contributed by atoms with Crippen molar-refractivity contribution < 1.29 is 18.0 Å². The number of benzene rings is 1. The molecular formula is C15H20F3N3O. The summed E-state index contributed by atoms with van der Waals surface area (Å²) in [5.74, 6) is -0.276. The average Bonchev–Trinajstić information content (AvgIpc) is 2.89. The van der Waals surface area contributed by atoms with Crippen molar-refractivity contribution >= 4 is 17.3 Å². The van der Waals surface area contributed by atoms with Crippen molar-refractivity contribution in [3.8, 4) is 0 Å². The number of halogens is 3. The van der Waals surface area contributed by atoms with Gasteiger partial charge in [0.25, 0.3) is 0 Å². The fraction of sp³-hybridized carbons (Fsp3) is 0.533. The Balaban J connectivity index is 2.17. The number of carbonyl (C=O) groups excluding carboxylic acids is 1. The molecule has 122 valence electrons. The molecule has 1 aliphatic rings. The second-order valence-corrected chi connectivity index (χ2v) is 5.67. The predicted octanol–water partition coefficient (Wildman–Crippen LogP) is 2.85. The molecule has 1 aliphatic heterocycles. The van der Waals surface area contributed by atoms with Gasteiger partial charge in [0.15, 0.2) is 0 Å². The van der Waals surface area contributed by atoms with Gasteiger partial charge in [-0.15, -0.1) is 0 Å². The van der Waals surface area contributed by atoms with Crippen LogP contribution >= 0.6 is 0 Å². The Labute approximate surface area is 127 Å². The zero-order valence-electron chi connectivity index (χ0n) is 12.6. The lowest BCUT2D eigenvalue weighted by Gasteiger charge is -2.20. The first-order chi connectivity index (χ1) is 10.3. The molecule has 7 heteroatoms. The number of rotatable bonds is 4. The Morgan fingerprint density at radius 1 is 1.41 bits per heavy atom. The van der Waals surface area contributed by atoms with Crippen molar-refractivity contribution in [2.24, 2.45) is 0 Å². The van der Waals surface area contributed by atoms with E-state index in [0.717, 1.165) is 31.5 Å². The summed E-state index contributed by atoms with van der Waals surface area (Å²) in [6.45, 7) is 0.879. The van der Waals surface area contributed by atoms with Gasteiger partial charge in [-0.25, -0.2) is 0 Å². The van der Waals surface area contributed by atoms with E-state index >= 15 is 0 Å². The van der Waals surface area contributed by atoms with Gasteiger partial charge in [-0.3, -0.25) is 4.79 Å². The maximum Gasteiger partial charge on any atom is 0.416 e. The Kier molecular flexibility index (Phi) is 4.95. The molecule has 2 N–H and O–H groups in total. The van der Waals surface area contributed by atoms with E-state index < -0.39 is 11.7 Å². The second-order valence-electron chi connectivity index (χ2n) is 5.67. The van der Waals surface area contributed by atoms with Crippen LogP contribution in [0, 0.1) is 0 Å². The van der Waals surface area contributed by atoms with E-state index in [1.807, 2.05) is 0 Å². The van der Waals surface area contributed by atoms with Gasteiger partial charge in [0.2, 0.25) is 5.91 Å². The predicted molar refractivity (Wildman–Crippen MR) is 80.0 cm³/mol. The third-order valence-corrected chi connectivity index (χ3v) is 3.67. The number of carbonyl (C=O) groups is 1. The minimum absolute atomic E-state index is 0.105. The maximum absolute atomic E-state index is 12.8. The molecule has 0 radical (unpaired) electrons.